The van der Waals surface area contributed by atoms with Crippen LogP contribution in [0.1, 0.15) is 23.1 Å². The molecule has 0 aliphatic carbocycles. The highest BCUT2D eigenvalue weighted by Crippen LogP contribution is 2.32. The van der Waals surface area contributed by atoms with E-state index in [9.17, 15) is 4.79 Å². The molecule has 2 heterocycles. The van der Waals surface area contributed by atoms with Gasteiger partial charge in [0.15, 0.2) is 17.3 Å². The third-order valence-corrected chi connectivity index (χ3v) is 4.19. The van der Waals surface area contributed by atoms with Gasteiger partial charge in [-0.25, -0.2) is 4.68 Å². The van der Waals surface area contributed by atoms with Crippen molar-refractivity contribution >= 4 is 11.6 Å². The van der Waals surface area contributed by atoms with Crippen LogP contribution >= 0.6 is 0 Å². The Hall–Kier alpha value is -3.62. The van der Waals surface area contributed by atoms with Crippen LogP contribution in [0.3, 0.4) is 0 Å². The van der Waals surface area contributed by atoms with Crippen LogP contribution in [0, 0.1) is 0 Å². The number of amides is 1. The molecule has 1 aliphatic heterocycles. The van der Waals surface area contributed by atoms with Crippen LogP contribution in [0.15, 0.2) is 42.5 Å². The molecule has 0 fully saturated rings. The number of hydrogen-bond acceptors (Lipinski definition) is 7. The summed E-state index contributed by atoms with van der Waals surface area (Å²) in [6.07, 6.45) is 0. The second-order valence-corrected chi connectivity index (χ2v) is 6.04. The van der Waals surface area contributed by atoms with E-state index < -0.39 is 0 Å². The van der Waals surface area contributed by atoms with E-state index in [1.165, 1.54) is 0 Å². The fourth-order valence-electron chi connectivity index (χ4n) is 2.75. The summed E-state index contributed by atoms with van der Waals surface area (Å²) in [4.78, 5) is 12.5. The van der Waals surface area contributed by atoms with Gasteiger partial charge in [0, 0.05) is 23.9 Å². The molecule has 0 radical (unpaired) electrons. The fraction of sp³-hybridized carbons (Fsp3) is 0.263. The Morgan fingerprint density at radius 3 is 2.71 bits per heavy atom. The van der Waals surface area contributed by atoms with Gasteiger partial charge in [0.05, 0.1) is 0 Å². The lowest BCUT2D eigenvalue weighted by Crippen LogP contribution is -2.16. The van der Waals surface area contributed by atoms with Gasteiger partial charge in [0.2, 0.25) is 0 Å². The molecule has 3 aromatic rings. The predicted octanol–water partition coefficient (Wildman–Crippen LogP) is 2.30. The lowest BCUT2D eigenvalue weighted by atomic mass is 10.2. The number of tetrazole rings is 1. The third kappa shape index (κ3) is 3.88. The van der Waals surface area contributed by atoms with Crippen molar-refractivity contribution in [3.05, 3.63) is 53.9 Å². The molecule has 4 rings (SSSR count). The van der Waals surface area contributed by atoms with E-state index in [1.54, 1.807) is 47.1 Å². The third-order valence-electron chi connectivity index (χ3n) is 4.19. The number of aromatic nitrogens is 4. The molecule has 1 N–H and O–H groups in total. The van der Waals surface area contributed by atoms with Crippen LogP contribution < -0.4 is 19.5 Å². The Morgan fingerprint density at radius 1 is 1.14 bits per heavy atom. The van der Waals surface area contributed by atoms with Crippen molar-refractivity contribution in [3.8, 4) is 17.2 Å². The summed E-state index contributed by atoms with van der Waals surface area (Å²) in [5.74, 6) is 2.35. The number of carbonyl (C=O) groups is 1. The number of aryl methyl sites for hydroxylation is 1. The highest BCUT2D eigenvalue weighted by atomic mass is 16.6. The van der Waals surface area contributed by atoms with Gasteiger partial charge in [0.1, 0.15) is 25.6 Å². The first kappa shape index (κ1) is 17.8. The van der Waals surface area contributed by atoms with E-state index >= 15 is 0 Å². The van der Waals surface area contributed by atoms with E-state index in [2.05, 4.69) is 20.8 Å². The summed E-state index contributed by atoms with van der Waals surface area (Å²) in [7, 11) is 0. The summed E-state index contributed by atoms with van der Waals surface area (Å²) in [6.45, 7) is 3.90. The average molecular weight is 381 g/mol. The maximum absolute atomic E-state index is 12.5. The molecule has 144 valence electrons. The highest BCUT2D eigenvalue weighted by molar-refractivity contribution is 6.04. The average Bonchev–Trinajstić information content (AvgIpc) is 3.20. The van der Waals surface area contributed by atoms with Gasteiger partial charge < -0.3 is 19.5 Å². The number of benzene rings is 2. The zero-order valence-electron chi connectivity index (χ0n) is 15.3. The molecule has 9 nitrogen and oxygen atoms in total. The first-order valence-electron chi connectivity index (χ1n) is 8.92. The summed E-state index contributed by atoms with van der Waals surface area (Å²) in [6, 6.07) is 12.2. The first-order valence-corrected chi connectivity index (χ1v) is 8.92. The number of rotatable bonds is 6. The minimum Gasteiger partial charge on any atom is -0.486 e. The van der Waals surface area contributed by atoms with Gasteiger partial charge in [-0.05, 0) is 53.7 Å². The smallest absolute Gasteiger partial charge is 0.255 e. The Bertz CT molecular complexity index is 971. The minimum absolute atomic E-state index is 0.224. The summed E-state index contributed by atoms with van der Waals surface area (Å²) >= 11 is 0. The van der Waals surface area contributed by atoms with Crippen molar-refractivity contribution in [2.45, 2.75) is 20.1 Å². The number of nitrogens with zero attached hydrogens (tertiary/aromatic N) is 4. The minimum atomic E-state index is -0.224. The monoisotopic (exact) mass is 381 g/mol. The Kier molecular flexibility index (Phi) is 5.05. The first-order chi connectivity index (χ1) is 13.7. The molecule has 0 unspecified atom stereocenters. The molecular weight excluding hydrogens is 362 g/mol. The quantitative estimate of drug-likeness (QED) is 0.699. The summed E-state index contributed by atoms with van der Waals surface area (Å²) in [5, 5.41) is 14.3. The molecule has 9 heteroatoms. The topological polar surface area (TPSA) is 100 Å². The molecule has 0 saturated carbocycles. The Labute approximate surface area is 161 Å². The zero-order chi connectivity index (χ0) is 19.3. The number of ether oxygens (including phenoxy) is 3. The van der Waals surface area contributed by atoms with Gasteiger partial charge in [0.25, 0.3) is 5.91 Å². The second kappa shape index (κ2) is 7.95. The molecule has 1 amide bonds. The van der Waals surface area contributed by atoms with Crippen LogP contribution in [-0.4, -0.2) is 39.3 Å². The molecule has 0 bridgehead atoms. The SMILES string of the molecule is CCn1nnnc1COc1ccc(C(=O)Nc2ccc3c(c2)OCCO3)cc1. The van der Waals surface area contributed by atoms with Gasteiger partial charge >= 0.3 is 0 Å². The fourth-order valence-corrected chi connectivity index (χ4v) is 2.75. The van der Waals surface area contributed by atoms with E-state index in [1.807, 2.05) is 6.92 Å². The van der Waals surface area contributed by atoms with Crippen LogP contribution in [0.5, 0.6) is 17.2 Å². The van der Waals surface area contributed by atoms with Gasteiger partial charge in [-0.1, -0.05) is 0 Å². The van der Waals surface area contributed by atoms with Crippen LogP contribution in [-0.2, 0) is 13.2 Å². The number of hydrogen-bond donors (Lipinski definition) is 1. The number of carbonyl (C=O) groups excluding carboxylic acids is 1. The van der Waals surface area contributed by atoms with Crippen LogP contribution in [0.25, 0.3) is 0 Å². The van der Waals surface area contributed by atoms with Crippen LogP contribution in [0.4, 0.5) is 5.69 Å². The van der Waals surface area contributed by atoms with Crippen molar-refractivity contribution in [1.82, 2.24) is 20.2 Å². The van der Waals surface area contributed by atoms with Crippen molar-refractivity contribution in [2.24, 2.45) is 0 Å². The maximum Gasteiger partial charge on any atom is 0.255 e. The molecule has 0 saturated heterocycles. The molecule has 1 aliphatic rings. The van der Waals surface area contributed by atoms with E-state index in [4.69, 9.17) is 14.2 Å². The van der Waals surface area contributed by atoms with E-state index in [0.717, 1.165) is 0 Å². The summed E-state index contributed by atoms with van der Waals surface area (Å²) < 4.78 is 18.4. The lowest BCUT2D eigenvalue weighted by molar-refractivity contribution is 0.102. The number of nitrogens with one attached hydrogen (secondary N) is 1. The maximum atomic E-state index is 12.5. The largest absolute Gasteiger partial charge is 0.486 e. The van der Waals surface area contributed by atoms with Crippen molar-refractivity contribution in [2.75, 3.05) is 18.5 Å². The molecular formula is C19H19N5O4. The van der Waals surface area contributed by atoms with Gasteiger partial charge in [-0.2, -0.15) is 0 Å². The predicted molar refractivity (Wildman–Crippen MR) is 99.7 cm³/mol. The van der Waals surface area contributed by atoms with Crippen molar-refractivity contribution in [1.29, 1.82) is 0 Å². The molecule has 1 aromatic heterocycles. The van der Waals surface area contributed by atoms with E-state index in [0.29, 0.717) is 54.1 Å². The Balaban J connectivity index is 1.37. The summed E-state index contributed by atoms with van der Waals surface area (Å²) in [5.41, 5.74) is 1.15. The lowest BCUT2D eigenvalue weighted by Gasteiger charge is -2.19. The van der Waals surface area contributed by atoms with E-state index in [-0.39, 0.29) is 12.5 Å². The van der Waals surface area contributed by atoms with Gasteiger partial charge in [-0.3, -0.25) is 4.79 Å². The Morgan fingerprint density at radius 2 is 1.93 bits per heavy atom. The van der Waals surface area contributed by atoms with Crippen LogP contribution in [0.2, 0.25) is 0 Å². The zero-order valence-corrected chi connectivity index (χ0v) is 15.3. The van der Waals surface area contributed by atoms with Crippen molar-refractivity contribution in [3.63, 3.8) is 0 Å². The molecule has 28 heavy (non-hydrogen) atoms. The number of anilines is 1. The molecule has 0 spiro atoms. The second-order valence-electron chi connectivity index (χ2n) is 6.04. The standard InChI is InChI=1S/C19H19N5O4/c1-2-24-18(21-22-23-24)12-28-15-6-3-13(4-7-15)19(25)20-14-5-8-16-17(11-14)27-10-9-26-16/h3-8,11H,2,9-10,12H2,1H3,(H,20,25). The molecule has 2 aromatic carbocycles. The molecule has 0 atom stereocenters. The highest BCUT2D eigenvalue weighted by Gasteiger charge is 2.13. The van der Waals surface area contributed by atoms with Gasteiger partial charge in [-0.15, -0.1) is 5.10 Å². The van der Waals surface area contributed by atoms with Crippen molar-refractivity contribution < 1.29 is 19.0 Å². The normalized spacial score (nSPS) is 12.5. The number of fused-ring (bicyclic) bond motifs is 1.